The Labute approximate surface area is 170 Å². The summed E-state index contributed by atoms with van der Waals surface area (Å²) in [6, 6.07) is 22.0. The summed E-state index contributed by atoms with van der Waals surface area (Å²) >= 11 is 0. The highest BCUT2D eigenvalue weighted by Crippen LogP contribution is 2.19. The van der Waals surface area contributed by atoms with Crippen LogP contribution in [0.2, 0.25) is 0 Å². The predicted octanol–water partition coefficient (Wildman–Crippen LogP) is 3.47. The van der Waals surface area contributed by atoms with Gasteiger partial charge in [0, 0.05) is 12.2 Å². The molecule has 0 radical (unpaired) electrons. The smallest absolute Gasteiger partial charge is 0.319 e. The molecule has 29 heavy (non-hydrogen) atoms. The van der Waals surface area contributed by atoms with Gasteiger partial charge < -0.3 is 15.7 Å². The molecule has 3 rings (SSSR count). The standard InChI is InChI=1S/C22H22N2O4S/c25-15-18-7-4-8-19(13-18)16-29(27,28)21-11-9-20(10-12-21)24-22(26)23-14-17-5-2-1-3-6-17/h1-13,25H,14-16H2,(H2,23,24,26). The first-order valence-corrected chi connectivity index (χ1v) is 10.7. The summed E-state index contributed by atoms with van der Waals surface area (Å²) in [6.45, 7) is 0.257. The van der Waals surface area contributed by atoms with Crippen molar-refractivity contribution in [1.29, 1.82) is 0 Å². The van der Waals surface area contributed by atoms with Crippen molar-refractivity contribution in [3.05, 3.63) is 95.6 Å². The van der Waals surface area contributed by atoms with Crippen LogP contribution in [-0.2, 0) is 28.7 Å². The number of sulfone groups is 1. The fourth-order valence-electron chi connectivity index (χ4n) is 2.82. The SMILES string of the molecule is O=C(NCc1ccccc1)Nc1ccc(S(=O)(=O)Cc2cccc(CO)c2)cc1. The van der Waals surface area contributed by atoms with Crippen LogP contribution < -0.4 is 10.6 Å². The van der Waals surface area contributed by atoms with E-state index >= 15 is 0 Å². The normalized spacial score (nSPS) is 11.1. The Bertz CT molecular complexity index is 1070. The molecule has 0 unspecified atom stereocenters. The molecule has 0 aliphatic rings. The summed E-state index contributed by atoms with van der Waals surface area (Å²) in [5.74, 6) is -0.162. The Morgan fingerprint density at radius 2 is 1.48 bits per heavy atom. The highest BCUT2D eigenvalue weighted by molar-refractivity contribution is 7.90. The third kappa shape index (κ3) is 5.91. The van der Waals surface area contributed by atoms with E-state index in [1.807, 2.05) is 30.3 Å². The van der Waals surface area contributed by atoms with Crippen LogP contribution in [0.5, 0.6) is 0 Å². The minimum Gasteiger partial charge on any atom is -0.392 e. The molecule has 150 valence electrons. The monoisotopic (exact) mass is 410 g/mol. The maximum absolute atomic E-state index is 12.6. The molecular formula is C22H22N2O4S. The van der Waals surface area contributed by atoms with Gasteiger partial charge in [-0.05, 0) is 41.0 Å². The zero-order valence-corrected chi connectivity index (χ0v) is 16.5. The Morgan fingerprint density at radius 3 is 2.17 bits per heavy atom. The Morgan fingerprint density at radius 1 is 0.828 bits per heavy atom. The van der Waals surface area contributed by atoms with Gasteiger partial charge in [0.05, 0.1) is 17.3 Å². The number of hydrogen-bond acceptors (Lipinski definition) is 4. The van der Waals surface area contributed by atoms with Gasteiger partial charge in [0.25, 0.3) is 0 Å². The van der Waals surface area contributed by atoms with Crippen LogP contribution in [0, 0.1) is 0 Å². The Balaban J connectivity index is 1.60. The van der Waals surface area contributed by atoms with Gasteiger partial charge in [0.15, 0.2) is 9.84 Å². The fourth-order valence-corrected chi connectivity index (χ4v) is 4.16. The van der Waals surface area contributed by atoms with E-state index in [4.69, 9.17) is 0 Å². The highest BCUT2D eigenvalue weighted by Gasteiger charge is 2.16. The third-order valence-corrected chi connectivity index (χ3v) is 6.00. The first-order chi connectivity index (χ1) is 14.0. The largest absolute Gasteiger partial charge is 0.392 e. The number of amides is 2. The second-order valence-corrected chi connectivity index (χ2v) is 8.54. The average molecular weight is 410 g/mol. The molecule has 0 spiro atoms. The summed E-state index contributed by atoms with van der Waals surface area (Å²) in [7, 11) is -3.54. The number of benzene rings is 3. The molecule has 6 nitrogen and oxygen atoms in total. The van der Waals surface area contributed by atoms with Crippen molar-refractivity contribution in [3.63, 3.8) is 0 Å². The number of carbonyl (C=O) groups is 1. The van der Waals surface area contributed by atoms with E-state index in [9.17, 15) is 18.3 Å². The van der Waals surface area contributed by atoms with Gasteiger partial charge in [-0.25, -0.2) is 13.2 Å². The summed E-state index contributed by atoms with van der Waals surface area (Å²) in [6.07, 6.45) is 0. The van der Waals surface area contributed by atoms with Crippen LogP contribution in [0.1, 0.15) is 16.7 Å². The molecule has 0 fully saturated rings. The zero-order chi connectivity index (χ0) is 20.7. The van der Waals surface area contributed by atoms with Crippen molar-refractivity contribution in [1.82, 2.24) is 5.32 Å². The van der Waals surface area contributed by atoms with Crippen molar-refractivity contribution >= 4 is 21.6 Å². The molecule has 0 heterocycles. The summed E-state index contributed by atoms with van der Waals surface area (Å²) in [5, 5.41) is 14.6. The lowest BCUT2D eigenvalue weighted by Crippen LogP contribution is -2.28. The van der Waals surface area contributed by atoms with Gasteiger partial charge in [-0.2, -0.15) is 0 Å². The molecule has 0 aliphatic carbocycles. The van der Waals surface area contributed by atoms with E-state index in [-0.39, 0.29) is 23.3 Å². The maximum atomic E-state index is 12.6. The Kier molecular flexibility index (Phi) is 6.64. The molecule has 7 heteroatoms. The molecule has 0 aliphatic heterocycles. The average Bonchev–Trinajstić information content (AvgIpc) is 2.73. The van der Waals surface area contributed by atoms with Crippen molar-refractivity contribution in [3.8, 4) is 0 Å². The molecule has 0 saturated heterocycles. The molecule has 3 aromatic rings. The van der Waals surface area contributed by atoms with Gasteiger partial charge >= 0.3 is 6.03 Å². The van der Waals surface area contributed by atoms with Gasteiger partial charge in [-0.1, -0.05) is 54.6 Å². The number of rotatable bonds is 7. The van der Waals surface area contributed by atoms with Crippen LogP contribution in [-0.4, -0.2) is 19.6 Å². The molecular weight excluding hydrogens is 388 g/mol. The topological polar surface area (TPSA) is 95.5 Å². The minimum absolute atomic E-state index is 0.138. The van der Waals surface area contributed by atoms with Gasteiger partial charge in [-0.3, -0.25) is 0 Å². The zero-order valence-electron chi connectivity index (χ0n) is 15.7. The van der Waals surface area contributed by atoms with Crippen LogP contribution >= 0.6 is 0 Å². The molecule has 0 aromatic heterocycles. The molecule has 0 saturated carbocycles. The number of aliphatic hydroxyl groups is 1. The quantitative estimate of drug-likeness (QED) is 0.556. The van der Waals surface area contributed by atoms with Crippen molar-refractivity contribution < 1.29 is 18.3 Å². The predicted molar refractivity (Wildman–Crippen MR) is 112 cm³/mol. The number of aliphatic hydroxyl groups excluding tert-OH is 1. The second kappa shape index (κ2) is 9.36. The van der Waals surface area contributed by atoms with Crippen LogP contribution in [0.15, 0.2) is 83.8 Å². The minimum atomic E-state index is -3.54. The van der Waals surface area contributed by atoms with E-state index in [1.165, 1.54) is 12.1 Å². The maximum Gasteiger partial charge on any atom is 0.319 e. The number of carbonyl (C=O) groups excluding carboxylic acids is 1. The first kappa shape index (κ1) is 20.6. The van der Waals surface area contributed by atoms with Crippen LogP contribution in [0.25, 0.3) is 0 Å². The van der Waals surface area contributed by atoms with Crippen molar-refractivity contribution in [2.45, 2.75) is 23.8 Å². The highest BCUT2D eigenvalue weighted by atomic mass is 32.2. The van der Waals surface area contributed by atoms with Gasteiger partial charge in [-0.15, -0.1) is 0 Å². The lowest BCUT2D eigenvalue weighted by molar-refractivity contribution is 0.251. The number of urea groups is 1. The lowest BCUT2D eigenvalue weighted by Gasteiger charge is -2.09. The first-order valence-electron chi connectivity index (χ1n) is 9.06. The Hall–Kier alpha value is -3.16. The van der Waals surface area contributed by atoms with E-state index < -0.39 is 9.84 Å². The van der Waals surface area contributed by atoms with Crippen LogP contribution in [0.4, 0.5) is 10.5 Å². The molecule has 0 bridgehead atoms. The lowest BCUT2D eigenvalue weighted by atomic mass is 10.1. The molecule has 3 aromatic carbocycles. The molecule has 2 amide bonds. The number of hydrogen-bond donors (Lipinski definition) is 3. The second-order valence-electron chi connectivity index (χ2n) is 6.55. The molecule has 3 N–H and O–H groups in total. The summed E-state index contributed by atoms with van der Waals surface area (Å²) < 4.78 is 25.3. The van der Waals surface area contributed by atoms with Gasteiger partial charge in [0.1, 0.15) is 0 Å². The number of nitrogens with one attached hydrogen (secondary N) is 2. The van der Waals surface area contributed by atoms with Crippen molar-refractivity contribution in [2.75, 3.05) is 5.32 Å². The van der Waals surface area contributed by atoms with E-state index in [1.54, 1.807) is 36.4 Å². The summed E-state index contributed by atoms with van der Waals surface area (Å²) in [5.41, 5.74) is 2.75. The van der Waals surface area contributed by atoms with E-state index in [0.717, 1.165) is 5.56 Å². The summed E-state index contributed by atoms with van der Waals surface area (Å²) in [4.78, 5) is 12.2. The van der Waals surface area contributed by atoms with Gasteiger partial charge in [0.2, 0.25) is 0 Å². The van der Waals surface area contributed by atoms with E-state index in [2.05, 4.69) is 10.6 Å². The third-order valence-electron chi connectivity index (χ3n) is 4.30. The van der Waals surface area contributed by atoms with E-state index in [0.29, 0.717) is 23.4 Å². The number of anilines is 1. The van der Waals surface area contributed by atoms with Crippen LogP contribution in [0.3, 0.4) is 0 Å². The molecule has 0 atom stereocenters. The fraction of sp³-hybridized carbons (Fsp3) is 0.136. The van der Waals surface area contributed by atoms with Crippen molar-refractivity contribution in [2.24, 2.45) is 0 Å².